The minimum Gasteiger partial charge on any atom is -0.379 e. The summed E-state index contributed by atoms with van der Waals surface area (Å²) in [5.41, 5.74) is 3.66. The van der Waals surface area contributed by atoms with Crippen LogP contribution in [-0.4, -0.2) is 65.5 Å². The molecule has 1 fully saturated rings. The summed E-state index contributed by atoms with van der Waals surface area (Å²) >= 11 is 0. The Morgan fingerprint density at radius 2 is 1.92 bits per heavy atom. The van der Waals surface area contributed by atoms with Gasteiger partial charge in [0.25, 0.3) is 5.91 Å². The minimum atomic E-state index is -5.19. The molecule has 38 heavy (non-hydrogen) atoms. The van der Waals surface area contributed by atoms with Gasteiger partial charge in [0.2, 0.25) is 0 Å². The van der Waals surface area contributed by atoms with Gasteiger partial charge >= 0.3 is 12.1 Å². The Morgan fingerprint density at radius 1 is 1.13 bits per heavy atom. The maximum absolute atomic E-state index is 13.0. The number of aromatic nitrogens is 2. The number of nitrogens with one attached hydrogen (secondary N) is 1. The highest BCUT2D eigenvalue weighted by Crippen LogP contribution is 2.29. The highest BCUT2D eigenvalue weighted by Gasteiger charge is 2.43. The third-order valence-electron chi connectivity index (χ3n) is 6.42. The number of pyridine rings is 1. The molecule has 1 saturated heterocycles. The first-order valence-electron chi connectivity index (χ1n) is 12.1. The van der Waals surface area contributed by atoms with E-state index in [1.165, 1.54) is 12.3 Å². The lowest BCUT2D eigenvalue weighted by molar-refractivity contribution is -0.199. The molecule has 0 unspecified atom stereocenters. The lowest BCUT2D eigenvalue weighted by Gasteiger charge is -2.27. The van der Waals surface area contributed by atoms with Gasteiger partial charge in [-0.25, -0.2) is 4.79 Å². The van der Waals surface area contributed by atoms with Crippen LogP contribution in [0.2, 0.25) is 0 Å². The molecular weight excluding hydrogens is 501 g/mol. The zero-order valence-electron chi connectivity index (χ0n) is 20.3. The van der Waals surface area contributed by atoms with Crippen LogP contribution in [0.4, 0.5) is 13.2 Å². The van der Waals surface area contributed by atoms with E-state index in [-0.39, 0.29) is 29.9 Å². The fourth-order valence-corrected chi connectivity index (χ4v) is 4.51. The maximum atomic E-state index is 13.0. The van der Waals surface area contributed by atoms with Crippen LogP contribution in [0.15, 0.2) is 48.7 Å². The first kappa shape index (κ1) is 25.7. The van der Waals surface area contributed by atoms with Crippen molar-refractivity contribution in [3.05, 3.63) is 76.7 Å². The van der Waals surface area contributed by atoms with Crippen LogP contribution in [0, 0.1) is 0 Å². The predicted octanol–water partition coefficient (Wildman–Crippen LogP) is 3.36. The molecule has 2 aliphatic heterocycles. The highest BCUT2D eigenvalue weighted by molar-refractivity contribution is 5.98. The van der Waals surface area contributed by atoms with Gasteiger partial charge in [-0.3, -0.25) is 14.7 Å². The van der Waals surface area contributed by atoms with E-state index >= 15 is 0 Å². The molecule has 4 heterocycles. The van der Waals surface area contributed by atoms with Gasteiger partial charge in [0.05, 0.1) is 35.9 Å². The van der Waals surface area contributed by atoms with E-state index in [2.05, 4.69) is 21.3 Å². The van der Waals surface area contributed by atoms with Gasteiger partial charge < -0.3 is 14.9 Å². The normalized spacial score (nSPS) is 16.3. The summed E-state index contributed by atoms with van der Waals surface area (Å²) < 4.78 is 45.2. The summed E-state index contributed by atoms with van der Waals surface area (Å²) in [6, 6.07) is 12.7. The van der Waals surface area contributed by atoms with E-state index < -0.39 is 18.1 Å². The molecule has 3 aromatic rings. The molecule has 11 heteroatoms. The number of fused-ring (bicyclic) bond motifs is 1. The van der Waals surface area contributed by atoms with Crippen LogP contribution >= 0.6 is 0 Å². The molecule has 0 spiro atoms. The Kier molecular flexibility index (Phi) is 7.30. The predicted molar refractivity (Wildman–Crippen MR) is 133 cm³/mol. The highest BCUT2D eigenvalue weighted by atomic mass is 19.4. The number of rotatable bonds is 6. The molecule has 2 aromatic heterocycles. The Balaban J connectivity index is 1.45. The average Bonchev–Trinajstić information content (AvgIpc) is 3.28. The summed E-state index contributed by atoms with van der Waals surface area (Å²) in [5, 5.41) is 2.65. The SMILES string of the molecule is O=C1NCCc2c1cc(-c1ccnc(C=Cc3ccccc3CN3CCOCC3)c1)n2OC(=O)C(F)(F)F. The number of benzene rings is 1. The smallest absolute Gasteiger partial charge is 0.379 e. The molecule has 0 bridgehead atoms. The molecule has 0 radical (unpaired) electrons. The van der Waals surface area contributed by atoms with Crippen molar-refractivity contribution in [1.29, 1.82) is 0 Å². The molecule has 0 atom stereocenters. The van der Waals surface area contributed by atoms with Crippen molar-refractivity contribution in [3.63, 3.8) is 0 Å². The van der Waals surface area contributed by atoms with Crippen molar-refractivity contribution in [2.75, 3.05) is 32.8 Å². The second-order valence-electron chi connectivity index (χ2n) is 8.96. The molecule has 0 aliphatic carbocycles. The van der Waals surface area contributed by atoms with E-state index in [0.717, 1.165) is 35.5 Å². The van der Waals surface area contributed by atoms with Crippen molar-refractivity contribution in [3.8, 4) is 11.3 Å². The third-order valence-corrected chi connectivity index (χ3v) is 6.42. The van der Waals surface area contributed by atoms with Gasteiger partial charge in [0, 0.05) is 44.4 Å². The van der Waals surface area contributed by atoms with E-state index in [9.17, 15) is 22.8 Å². The number of nitrogens with zero attached hydrogens (tertiary/aromatic N) is 3. The topological polar surface area (TPSA) is 85.7 Å². The van der Waals surface area contributed by atoms with Gasteiger partial charge in [-0.05, 0) is 35.4 Å². The summed E-state index contributed by atoms with van der Waals surface area (Å²) in [5.74, 6) is -2.81. The standard InChI is InChI=1S/C27H25F3N4O4/c28-27(29,30)26(36)38-34-23-8-10-32-25(35)22(23)16-24(34)19-7-9-31-21(15-19)6-5-18-3-1-2-4-20(18)17-33-11-13-37-14-12-33/h1-7,9,15-16H,8,10-14,17H2,(H,32,35). The van der Waals surface area contributed by atoms with Gasteiger partial charge in [0.1, 0.15) is 0 Å². The molecular formula is C27H25F3N4O4. The van der Waals surface area contributed by atoms with E-state index in [4.69, 9.17) is 9.57 Å². The minimum absolute atomic E-state index is 0.148. The third kappa shape index (κ3) is 5.63. The number of morpholine rings is 1. The van der Waals surface area contributed by atoms with Gasteiger partial charge in [-0.2, -0.15) is 17.9 Å². The first-order valence-corrected chi connectivity index (χ1v) is 12.1. The molecule has 8 nitrogen and oxygen atoms in total. The zero-order chi connectivity index (χ0) is 26.7. The average molecular weight is 527 g/mol. The second-order valence-corrected chi connectivity index (χ2v) is 8.96. The van der Waals surface area contributed by atoms with E-state index in [1.54, 1.807) is 12.1 Å². The fourth-order valence-electron chi connectivity index (χ4n) is 4.51. The van der Waals surface area contributed by atoms with Crippen LogP contribution in [-0.2, 0) is 22.5 Å². The van der Waals surface area contributed by atoms with Crippen molar-refractivity contribution in [2.45, 2.75) is 19.1 Å². The molecule has 1 aromatic carbocycles. The monoisotopic (exact) mass is 526 g/mol. The Hall–Kier alpha value is -3.96. The van der Waals surface area contributed by atoms with Crippen LogP contribution in [0.25, 0.3) is 23.4 Å². The van der Waals surface area contributed by atoms with Crippen LogP contribution in [0.3, 0.4) is 0 Å². The van der Waals surface area contributed by atoms with Crippen molar-refractivity contribution >= 4 is 24.0 Å². The summed E-state index contributed by atoms with van der Waals surface area (Å²) in [7, 11) is 0. The van der Waals surface area contributed by atoms with Crippen molar-refractivity contribution in [1.82, 2.24) is 19.9 Å². The Bertz CT molecular complexity index is 1380. The van der Waals surface area contributed by atoms with E-state index in [0.29, 0.717) is 24.5 Å². The molecule has 1 N–H and O–H groups in total. The number of hydrogen-bond acceptors (Lipinski definition) is 6. The Morgan fingerprint density at radius 3 is 2.71 bits per heavy atom. The quantitative estimate of drug-likeness (QED) is 0.531. The number of hydrogen-bond donors (Lipinski definition) is 1. The molecule has 1 amide bonds. The van der Waals surface area contributed by atoms with Crippen molar-refractivity contribution < 1.29 is 32.3 Å². The molecule has 5 rings (SSSR count). The van der Waals surface area contributed by atoms with Gasteiger partial charge in [-0.1, -0.05) is 30.3 Å². The molecule has 0 saturated carbocycles. The fraction of sp³-hybridized carbons (Fsp3) is 0.296. The first-order chi connectivity index (χ1) is 18.3. The van der Waals surface area contributed by atoms with Crippen molar-refractivity contribution in [2.24, 2.45) is 0 Å². The lowest BCUT2D eigenvalue weighted by atomic mass is 10.1. The van der Waals surface area contributed by atoms with Crippen LogP contribution in [0.5, 0.6) is 0 Å². The lowest BCUT2D eigenvalue weighted by Crippen LogP contribution is -2.37. The Labute approximate surface area is 216 Å². The van der Waals surface area contributed by atoms with Crippen LogP contribution in [0.1, 0.15) is 32.9 Å². The van der Waals surface area contributed by atoms with Gasteiger partial charge in [-0.15, -0.1) is 0 Å². The number of halogens is 3. The second kappa shape index (κ2) is 10.8. The summed E-state index contributed by atoms with van der Waals surface area (Å²) in [4.78, 5) is 35.4. The number of carbonyl (C=O) groups is 2. The largest absolute Gasteiger partial charge is 0.493 e. The maximum Gasteiger partial charge on any atom is 0.493 e. The summed E-state index contributed by atoms with van der Waals surface area (Å²) in [6.45, 7) is 4.14. The molecule has 2 aliphatic rings. The van der Waals surface area contributed by atoms with Gasteiger partial charge in [0.15, 0.2) is 0 Å². The summed E-state index contributed by atoms with van der Waals surface area (Å²) in [6.07, 6.45) is 0.277. The zero-order valence-corrected chi connectivity index (χ0v) is 20.3. The number of amides is 1. The number of ether oxygens (including phenoxy) is 1. The number of carbonyl (C=O) groups excluding carboxylic acids is 2. The van der Waals surface area contributed by atoms with E-state index in [1.807, 2.05) is 30.4 Å². The van der Waals surface area contributed by atoms with Crippen LogP contribution < -0.4 is 10.2 Å². The molecule has 198 valence electrons. The number of alkyl halides is 3.